The Morgan fingerprint density at radius 3 is 2.67 bits per heavy atom. The van der Waals surface area contributed by atoms with Gasteiger partial charge in [0.25, 0.3) is 0 Å². The maximum atomic E-state index is 4.52. The van der Waals surface area contributed by atoms with Gasteiger partial charge in [-0.1, -0.05) is 33.8 Å². The summed E-state index contributed by atoms with van der Waals surface area (Å²) >= 11 is 1.83. The Morgan fingerprint density at radius 1 is 1.42 bits per heavy atom. The van der Waals surface area contributed by atoms with Crippen LogP contribution in [-0.4, -0.2) is 61.6 Å². The van der Waals surface area contributed by atoms with Gasteiger partial charge < -0.3 is 10.2 Å². The first-order valence-electron chi connectivity index (χ1n) is 8.75. The molecule has 6 heteroatoms. The van der Waals surface area contributed by atoms with E-state index in [1.807, 2.05) is 18.4 Å². The van der Waals surface area contributed by atoms with E-state index in [1.54, 1.807) is 0 Å². The van der Waals surface area contributed by atoms with E-state index in [1.165, 1.54) is 11.3 Å². The van der Waals surface area contributed by atoms with Crippen LogP contribution in [-0.2, 0) is 5.41 Å². The first-order chi connectivity index (χ1) is 11.0. The van der Waals surface area contributed by atoms with Gasteiger partial charge >= 0.3 is 0 Å². The fraction of sp³-hybridized carbons (Fsp3) is 0.722. The summed E-state index contributed by atoms with van der Waals surface area (Å²) in [4.78, 5) is 10.9. The predicted molar refractivity (Wildman–Crippen MR) is 117 cm³/mol. The first kappa shape index (κ1) is 21.7. The number of rotatable bonds is 6. The van der Waals surface area contributed by atoms with Crippen molar-refractivity contribution in [2.75, 3.05) is 39.8 Å². The van der Waals surface area contributed by atoms with Crippen molar-refractivity contribution in [2.45, 2.75) is 45.6 Å². The fourth-order valence-corrected chi connectivity index (χ4v) is 4.21. The van der Waals surface area contributed by atoms with E-state index in [2.05, 4.69) is 65.3 Å². The Bertz CT molecular complexity index is 497. The zero-order valence-corrected chi connectivity index (χ0v) is 18.9. The summed E-state index contributed by atoms with van der Waals surface area (Å²) < 4.78 is 0. The lowest BCUT2D eigenvalue weighted by Gasteiger charge is -2.29. The van der Waals surface area contributed by atoms with Crippen LogP contribution < -0.4 is 5.32 Å². The maximum absolute atomic E-state index is 4.52. The van der Waals surface area contributed by atoms with Crippen molar-refractivity contribution < 1.29 is 0 Å². The summed E-state index contributed by atoms with van der Waals surface area (Å²) in [6.07, 6.45) is 1.23. The number of hydrogen-bond acceptors (Lipinski definition) is 3. The molecular weight excluding hydrogens is 431 g/mol. The van der Waals surface area contributed by atoms with Gasteiger partial charge in [-0.2, -0.15) is 0 Å². The van der Waals surface area contributed by atoms with Crippen LogP contribution in [0.3, 0.4) is 0 Å². The second-order valence-corrected chi connectivity index (χ2v) is 7.82. The second kappa shape index (κ2) is 9.97. The Labute approximate surface area is 168 Å². The molecule has 0 bridgehead atoms. The molecule has 0 spiro atoms. The zero-order valence-electron chi connectivity index (χ0n) is 15.7. The molecule has 1 aliphatic heterocycles. The molecule has 4 nitrogen and oxygen atoms in total. The highest BCUT2D eigenvalue weighted by Gasteiger charge is 2.29. The summed E-state index contributed by atoms with van der Waals surface area (Å²) in [6, 6.07) is 5.02. The molecular formula is C18H33IN4S. The van der Waals surface area contributed by atoms with Crippen molar-refractivity contribution >= 4 is 41.3 Å². The molecule has 138 valence electrons. The van der Waals surface area contributed by atoms with E-state index in [4.69, 9.17) is 0 Å². The lowest BCUT2D eigenvalue weighted by atomic mass is 9.91. The predicted octanol–water partition coefficient (Wildman–Crippen LogP) is 3.64. The Hall–Kier alpha value is -0.340. The van der Waals surface area contributed by atoms with Crippen LogP contribution in [0.1, 0.15) is 39.0 Å². The molecule has 1 N–H and O–H groups in total. The van der Waals surface area contributed by atoms with Gasteiger partial charge in [-0.05, 0) is 31.0 Å². The Balaban J connectivity index is 0.00000288. The number of aliphatic imine (C=N–C) groups is 1. The lowest BCUT2D eigenvalue weighted by Crippen LogP contribution is -2.46. The van der Waals surface area contributed by atoms with E-state index >= 15 is 0 Å². The van der Waals surface area contributed by atoms with Crippen molar-refractivity contribution in [3.63, 3.8) is 0 Å². The van der Waals surface area contributed by atoms with Crippen LogP contribution in [0, 0.1) is 0 Å². The molecule has 0 saturated carbocycles. The van der Waals surface area contributed by atoms with Crippen molar-refractivity contribution in [1.82, 2.24) is 15.1 Å². The summed E-state index contributed by atoms with van der Waals surface area (Å²) in [5.41, 5.74) is 0.127. The van der Waals surface area contributed by atoms with Gasteiger partial charge in [-0.15, -0.1) is 35.3 Å². The molecule has 0 aliphatic carbocycles. The van der Waals surface area contributed by atoms with E-state index in [-0.39, 0.29) is 29.4 Å². The quantitative estimate of drug-likeness (QED) is 0.396. The van der Waals surface area contributed by atoms with Crippen molar-refractivity contribution in [3.8, 4) is 0 Å². The van der Waals surface area contributed by atoms with Crippen molar-refractivity contribution in [3.05, 3.63) is 22.4 Å². The largest absolute Gasteiger partial charge is 0.355 e. The van der Waals surface area contributed by atoms with Crippen LogP contribution in [0.25, 0.3) is 0 Å². The number of likely N-dealkylation sites (tertiary alicyclic amines) is 1. The van der Waals surface area contributed by atoms with E-state index in [9.17, 15) is 0 Å². The average Bonchev–Trinajstić information content (AvgIpc) is 3.21. The number of thiophene rings is 1. The van der Waals surface area contributed by atoms with Gasteiger partial charge in [0.05, 0.1) is 0 Å². The van der Waals surface area contributed by atoms with Crippen molar-refractivity contribution in [2.24, 2.45) is 4.99 Å². The number of guanidine groups is 1. The highest BCUT2D eigenvalue weighted by atomic mass is 127. The number of nitrogens with one attached hydrogen (secondary N) is 1. The fourth-order valence-electron chi connectivity index (χ4n) is 3.36. The van der Waals surface area contributed by atoms with Gasteiger partial charge in [0.2, 0.25) is 0 Å². The smallest absolute Gasteiger partial charge is 0.193 e. The molecule has 0 amide bonds. The van der Waals surface area contributed by atoms with Gasteiger partial charge in [0.1, 0.15) is 0 Å². The van der Waals surface area contributed by atoms with E-state index < -0.39 is 0 Å². The molecule has 1 aliphatic rings. The average molecular weight is 464 g/mol. The minimum Gasteiger partial charge on any atom is -0.355 e. The van der Waals surface area contributed by atoms with E-state index in [0.717, 1.165) is 38.7 Å². The third kappa shape index (κ3) is 5.33. The van der Waals surface area contributed by atoms with E-state index in [0.29, 0.717) is 6.04 Å². The second-order valence-electron chi connectivity index (χ2n) is 6.87. The molecule has 1 aromatic heterocycles. The number of likely N-dealkylation sites (N-methyl/N-ethyl adjacent to an activating group) is 1. The molecule has 1 saturated heterocycles. The highest BCUT2D eigenvalue weighted by Crippen LogP contribution is 2.26. The summed E-state index contributed by atoms with van der Waals surface area (Å²) in [6.45, 7) is 14.4. The SMILES string of the molecule is CCN(CC)C1CCN(C(=NC)NCC(C)(C)c2cccs2)C1.I. The molecule has 24 heavy (non-hydrogen) atoms. The minimum absolute atomic E-state index is 0. The van der Waals surface area contributed by atoms with Crippen LogP contribution >= 0.6 is 35.3 Å². The standard InChI is InChI=1S/C18H32N4S.HI/c1-6-21(7-2)15-10-11-22(13-15)17(19-5)20-14-18(3,4)16-9-8-12-23-16;/h8-9,12,15H,6-7,10-11,13-14H2,1-5H3,(H,19,20);1H. The van der Waals surface area contributed by atoms with Gasteiger partial charge in [0, 0.05) is 43.0 Å². The molecule has 1 fully saturated rings. The summed E-state index contributed by atoms with van der Waals surface area (Å²) in [5, 5.41) is 5.75. The van der Waals surface area contributed by atoms with Crippen LogP contribution in [0.5, 0.6) is 0 Å². The van der Waals surface area contributed by atoms with Crippen molar-refractivity contribution in [1.29, 1.82) is 0 Å². The zero-order chi connectivity index (χ0) is 16.9. The topological polar surface area (TPSA) is 30.9 Å². The first-order valence-corrected chi connectivity index (χ1v) is 9.63. The monoisotopic (exact) mass is 464 g/mol. The number of hydrogen-bond donors (Lipinski definition) is 1. The van der Waals surface area contributed by atoms with Gasteiger partial charge in [-0.25, -0.2) is 0 Å². The van der Waals surface area contributed by atoms with Gasteiger partial charge in [-0.3, -0.25) is 9.89 Å². The molecule has 1 atom stereocenters. The minimum atomic E-state index is 0. The molecule has 0 radical (unpaired) electrons. The van der Waals surface area contributed by atoms with Crippen LogP contribution in [0.2, 0.25) is 0 Å². The number of nitrogens with zero attached hydrogens (tertiary/aromatic N) is 3. The highest BCUT2D eigenvalue weighted by molar-refractivity contribution is 14.0. The summed E-state index contributed by atoms with van der Waals surface area (Å²) in [5.74, 6) is 1.05. The number of halogens is 1. The van der Waals surface area contributed by atoms with Crippen LogP contribution in [0.15, 0.2) is 22.5 Å². The summed E-state index contributed by atoms with van der Waals surface area (Å²) in [7, 11) is 1.89. The Morgan fingerprint density at radius 2 is 2.12 bits per heavy atom. The maximum Gasteiger partial charge on any atom is 0.193 e. The third-order valence-electron chi connectivity index (χ3n) is 4.88. The normalized spacial score (nSPS) is 18.8. The molecule has 0 aromatic carbocycles. The third-order valence-corrected chi connectivity index (χ3v) is 6.12. The molecule has 1 aromatic rings. The lowest BCUT2D eigenvalue weighted by molar-refractivity contribution is 0.223. The Kier molecular flexibility index (Phi) is 9.01. The molecule has 2 heterocycles. The van der Waals surface area contributed by atoms with Crippen LogP contribution in [0.4, 0.5) is 0 Å². The molecule has 2 rings (SSSR count). The van der Waals surface area contributed by atoms with Gasteiger partial charge in [0.15, 0.2) is 5.96 Å². The molecule has 1 unspecified atom stereocenters.